The van der Waals surface area contributed by atoms with E-state index in [-0.39, 0.29) is 5.41 Å². The topological polar surface area (TPSA) is 59.9 Å². The molecule has 0 aliphatic carbocycles. The van der Waals surface area contributed by atoms with E-state index in [1.807, 2.05) is 24.3 Å². The van der Waals surface area contributed by atoms with Gasteiger partial charge in [-0.3, -0.25) is 0 Å². The van der Waals surface area contributed by atoms with E-state index in [0.717, 1.165) is 28.9 Å². The highest BCUT2D eigenvalue weighted by Crippen LogP contribution is 2.35. The zero-order chi connectivity index (χ0) is 22.9. The quantitative estimate of drug-likeness (QED) is 0.351. The van der Waals surface area contributed by atoms with Crippen LogP contribution in [0, 0.1) is 5.41 Å². The van der Waals surface area contributed by atoms with Crippen molar-refractivity contribution in [2.45, 2.75) is 26.9 Å². The van der Waals surface area contributed by atoms with Crippen LogP contribution in [0.25, 0.3) is 21.3 Å². The molecule has 4 aromatic rings. The lowest BCUT2D eigenvalue weighted by Crippen LogP contribution is -2.17. The average Bonchev–Trinajstić information content (AvgIpc) is 3.13. The largest absolute Gasteiger partial charge is 0.463 e. The van der Waals surface area contributed by atoms with Crippen LogP contribution in [-0.4, -0.2) is 21.6 Å². The summed E-state index contributed by atoms with van der Waals surface area (Å²) < 4.78 is 44.8. The van der Waals surface area contributed by atoms with Crippen LogP contribution >= 0.6 is 11.3 Å². The summed E-state index contributed by atoms with van der Waals surface area (Å²) in [5.41, 5.74) is 2.41. The summed E-state index contributed by atoms with van der Waals surface area (Å²) in [7, 11) is 0. The zero-order valence-electron chi connectivity index (χ0n) is 17.7. The number of nitrogens with zero attached hydrogens (tertiary/aromatic N) is 3. The molecule has 0 bridgehead atoms. The molecule has 0 radical (unpaired) electrons. The fraction of sp³-hybridized carbons (Fsp3) is 0.261. The fourth-order valence-corrected chi connectivity index (χ4v) is 3.77. The maximum Gasteiger partial charge on any atom is 0.416 e. The van der Waals surface area contributed by atoms with E-state index in [1.54, 1.807) is 12.4 Å². The van der Waals surface area contributed by atoms with Crippen molar-refractivity contribution >= 4 is 32.4 Å². The molecule has 0 atom stereocenters. The standard InChI is InChI=1S/C23H21F3N4OS/c1-22(2,3)13-31-20-27-11-15(12-28-20)14-4-7-17(8-5-14)29-21-30-18-9-6-16(23(24,25)26)10-19(18)32-21/h4-12H,13H2,1-3H3,(H,29,30). The zero-order valence-corrected chi connectivity index (χ0v) is 18.5. The van der Waals surface area contributed by atoms with E-state index in [1.165, 1.54) is 17.4 Å². The smallest absolute Gasteiger partial charge is 0.416 e. The Balaban J connectivity index is 1.45. The van der Waals surface area contributed by atoms with Gasteiger partial charge in [0.25, 0.3) is 0 Å². The molecule has 4 rings (SSSR count). The number of fused-ring (bicyclic) bond motifs is 1. The van der Waals surface area contributed by atoms with E-state index in [9.17, 15) is 13.2 Å². The molecule has 2 aromatic heterocycles. The Morgan fingerprint density at radius 1 is 0.938 bits per heavy atom. The van der Waals surface area contributed by atoms with E-state index in [2.05, 4.69) is 41.0 Å². The van der Waals surface area contributed by atoms with Crippen LogP contribution < -0.4 is 10.1 Å². The summed E-state index contributed by atoms with van der Waals surface area (Å²) in [6.07, 6.45) is -0.958. The summed E-state index contributed by atoms with van der Waals surface area (Å²) in [6.45, 7) is 6.75. The molecule has 32 heavy (non-hydrogen) atoms. The first-order valence-electron chi connectivity index (χ1n) is 9.87. The number of hydrogen-bond acceptors (Lipinski definition) is 6. The molecule has 2 aromatic carbocycles. The molecule has 9 heteroatoms. The Bertz CT molecular complexity index is 1210. The molecular formula is C23H21F3N4OS. The van der Waals surface area contributed by atoms with Crippen LogP contribution in [-0.2, 0) is 6.18 Å². The first-order chi connectivity index (χ1) is 15.1. The van der Waals surface area contributed by atoms with Gasteiger partial charge in [-0.15, -0.1) is 0 Å². The van der Waals surface area contributed by atoms with Gasteiger partial charge < -0.3 is 10.1 Å². The van der Waals surface area contributed by atoms with Gasteiger partial charge in [-0.05, 0) is 41.3 Å². The van der Waals surface area contributed by atoms with Crippen molar-refractivity contribution in [3.63, 3.8) is 0 Å². The summed E-state index contributed by atoms with van der Waals surface area (Å²) in [5.74, 6) is 0. The number of rotatable bonds is 5. The predicted octanol–water partition coefficient (Wildman–Crippen LogP) is 6.94. The van der Waals surface area contributed by atoms with Crippen LogP contribution in [0.3, 0.4) is 0 Å². The van der Waals surface area contributed by atoms with Crippen molar-refractivity contribution in [1.82, 2.24) is 15.0 Å². The molecule has 0 unspecified atom stereocenters. The minimum atomic E-state index is -4.37. The van der Waals surface area contributed by atoms with Gasteiger partial charge in [0.2, 0.25) is 0 Å². The average molecular weight is 459 g/mol. The molecule has 2 heterocycles. The first kappa shape index (κ1) is 22.0. The van der Waals surface area contributed by atoms with Gasteiger partial charge in [0, 0.05) is 23.6 Å². The highest BCUT2D eigenvalue weighted by Gasteiger charge is 2.30. The van der Waals surface area contributed by atoms with Crippen molar-refractivity contribution in [3.05, 3.63) is 60.4 Å². The summed E-state index contributed by atoms with van der Waals surface area (Å²) in [4.78, 5) is 12.9. The lowest BCUT2D eigenvalue weighted by molar-refractivity contribution is -0.137. The van der Waals surface area contributed by atoms with E-state index < -0.39 is 11.7 Å². The van der Waals surface area contributed by atoms with Gasteiger partial charge >= 0.3 is 12.2 Å². The van der Waals surface area contributed by atoms with Gasteiger partial charge in [0.1, 0.15) is 0 Å². The number of alkyl halides is 3. The van der Waals surface area contributed by atoms with E-state index in [4.69, 9.17) is 4.74 Å². The minimum Gasteiger partial charge on any atom is -0.463 e. The number of anilines is 2. The number of ether oxygens (including phenoxy) is 1. The van der Waals surface area contributed by atoms with E-state index >= 15 is 0 Å². The maximum atomic E-state index is 12.9. The normalized spacial score (nSPS) is 12.2. The Kier molecular flexibility index (Phi) is 5.77. The lowest BCUT2D eigenvalue weighted by Gasteiger charge is -2.17. The van der Waals surface area contributed by atoms with Crippen molar-refractivity contribution < 1.29 is 17.9 Å². The second-order valence-corrected chi connectivity index (χ2v) is 9.54. The molecule has 0 amide bonds. The summed E-state index contributed by atoms with van der Waals surface area (Å²) in [5, 5.41) is 3.67. The van der Waals surface area contributed by atoms with Crippen LogP contribution in [0.1, 0.15) is 26.3 Å². The highest BCUT2D eigenvalue weighted by atomic mass is 32.1. The summed E-state index contributed by atoms with van der Waals surface area (Å²) in [6, 6.07) is 11.4. The Morgan fingerprint density at radius 2 is 1.62 bits per heavy atom. The van der Waals surface area contributed by atoms with Gasteiger partial charge in [0.15, 0.2) is 5.13 Å². The predicted molar refractivity (Wildman–Crippen MR) is 120 cm³/mol. The molecule has 0 fully saturated rings. The highest BCUT2D eigenvalue weighted by molar-refractivity contribution is 7.22. The van der Waals surface area contributed by atoms with Crippen LogP contribution in [0.15, 0.2) is 54.9 Å². The SMILES string of the molecule is CC(C)(C)COc1ncc(-c2ccc(Nc3nc4ccc(C(F)(F)F)cc4s3)cc2)cn1. The Labute approximate surface area is 187 Å². The van der Waals surface area contributed by atoms with Crippen molar-refractivity contribution in [2.75, 3.05) is 11.9 Å². The molecule has 166 valence electrons. The number of aromatic nitrogens is 3. The second kappa shape index (κ2) is 8.38. The monoisotopic (exact) mass is 458 g/mol. The Hall–Kier alpha value is -3.20. The van der Waals surface area contributed by atoms with E-state index in [0.29, 0.717) is 28.0 Å². The fourth-order valence-electron chi connectivity index (χ4n) is 2.84. The van der Waals surface area contributed by atoms with Crippen LogP contribution in [0.4, 0.5) is 24.0 Å². The number of hydrogen-bond donors (Lipinski definition) is 1. The Morgan fingerprint density at radius 3 is 2.25 bits per heavy atom. The summed E-state index contributed by atoms with van der Waals surface area (Å²) >= 11 is 1.17. The molecule has 0 spiro atoms. The molecule has 0 aliphatic heterocycles. The second-order valence-electron chi connectivity index (χ2n) is 8.51. The van der Waals surface area contributed by atoms with Crippen LogP contribution in [0.5, 0.6) is 6.01 Å². The first-order valence-corrected chi connectivity index (χ1v) is 10.7. The molecule has 5 nitrogen and oxygen atoms in total. The molecule has 0 saturated heterocycles. The maximum absolute atomic E-state index is 12.9. The van der Waals surface area contributed by atoms with Crippen molar-refractivity contribution in [1.29, 1.82) is 0 Å². The van der Waals surface area contributed by atoms with Crippen molar-refractivity contribution in [2.24, 2.45) is 5.41 Å². The van der Waals surface area contributed by atoms with Crippen LogP contribution in [0.2, 0.25) is 0 Å². The van der Waals surface area contributed by atoms with Gasteiger partial charge in [-0.1, -0.05) is 44.2 Å². The van der Waals surface area contributed by atoms with Gasteiger partial charge in [-0.2, -0.15) is 13.2 Å². The minimum absolute atomic E-state index is 0.0226. The number of halogens is 3. The van der Waals surface area contributed by atoms with Crippen molar-refractivity contribution in [3.8, 4) is 17.1 Å². The third kappa shape index (κ3) is 5.34. The third-order valence-corrected chi connectivity index (χ3v) is 5.38. The molecule has 0 aliphatic rings. The third-order valence-electron chi connectivity index (χ3n) is 4.45. The molecule has 0 saturated carbocycles. The molecule has 1 N–H and O–H groups in total. The molecular weight excluding hydrogens is 437 g/mol. The van der Waals surface area contributed by atoms with Gasteiger partial charge in [0.05, 0.1) is 22.4 Å². The lowest BCUT2D eigenvalue weighted by atomic mass is 9.99. The number of benzene rings is 2. The number of thiazole rings is 1. The number of nitrogens with one attached hydrogen (secondary N) is 1. The van der Waals surface area contributed by atoms with Gasteiger partial charge in [-0.25, -0.2) is 15.0 Å².